The monoisotopic (exact) mass is 262 g/mol. The molecule has 1 aromatic rings. The van der Waals surface area contributed by atoms with E-state index in [0.29, 0.717) is 19.1 Å². The molecule has 0 saturated carbocycles. The van der Waals surface area contributed by atoms with Gasteiger partial charge in [0.1, 0.15) is 5.75 Å². The fourth-order valence-corrected chi connectivity index (χ4v) is 2.31. The van der Waals surface area contributed by atoms with Gasteiger partial charge in [0.05, 0.1) is 12.7 Å². The molecule has 0 bridgehead atoms. The van der Waals surface area contributed by atoms with Gasteiger partial charge >= 0.3 is 0 Å². The molecule has 1 fully saturated rings. The first-order chi connectivity index (χ1) is 9.29. The van der Waals surface area contributed by atoms with E-state index in [2.05, 4.69) is 0 Å². The summed E-state index contributed by atoms with van der Waals surface area (Å²) in [6.45, 7) is 3.50. The van der Waals surface area contributed by atoms with E-state index in [1.807, 2.05) is 31.2 Å². The maximum atomic E-state index is 11.5. The Balaban J connectivity index is 1.69. The summed E-state index contributed by atoms with van der Waals surface area (Å²) in [7, 11) is 0. The average molecular weight is 262 g/mol. The molecule has 1 saturated heterocycles. The van der Waals surface area contributed by atoms with Gasteiger partial charge in [-0.2, -0.15) is 0 Å². The van der Waals surface area contributed by atoms with E-state index in [1.165, 1.54) is 12.8 Å². The lowest BCUT2D eigenvalue weighted by Gasteiger charge is -2.10. The average Bonchev–Trinajstić information content (AvgIpc) is 2.96. The van der Waals surface area contributed by atoms with Crippen LogP contribution in [-0.2, 0) is 4.74 Å². The van der Waals surface area contributed by atoms with Crippen molar-refractivity contribution in [2.45, 2.75) is 45.1 Å². The SMILES string of the molecule is CCC(=O)c1ccc(OCCCC2CCCO2)cc1. The fraction of sp³-hybridized carbons (Fsp3) is 0.562. The zero-order valence-electron chi connectivity index (χ0n) is 11.6. The first-order valence-electron chi connectivity index (χ1n) is 7.17. The minimum Gasteiger partial charge on any atom is -0.494 e. The van der Waals surface area contributed by atoms with Crippen molar-refractivity contribution in [1.29, 1.82) is 0 Å². The molecule has 0 aromatic heterocycles. The van der Waals surface area contributed by atoms with Crippen molar-refractivity contribution in [2.24, 2.45) is 0 Å². The van der Waals surface area contributed by atoms with E-state index in [0.717, 1.165) is 30.8 Å². The predicted molar refractivity (Wildman–Crippen MR) is 74.8 cm³/mol. The Morgan fingerprint density at radius 1 is 1.37 bits per heavy atom. The number of hydrogen-bond donors (Lipinski definition) is 0. The van der Waals surface area contributed by atoms with Crippen LogP contribution in [0, 0.1) is 0 Å². The van der Waals surface area contributed by atoms with Crippen LogP contribution in [0.15, 0.2) is 24.3 Å². The van der Waals surface area contributed by atoms with Crippen LogP contribution in [0.3, 0.4) is 0 Å². The molecule has 1 aliphatic rings. The van der Waals surface area contributed by atoms with Gasteiger partial charge in [-0.25, -0.2) is 0 Å². The van der Waals surface area contributed by atoms with Crippen LogP contribution in [0.25, 0.3) is 0 Å². The van der Waals surface area contributed by atoms with Gasteiger partial charge in [0, 0.05) is 18.6 Å². The summed E-state index contributed by atoms with van der Waals surface area (Å²) in [5.74, 6) is 1.00. The van der Waals surface area contributed by atoms with Gasteiger partial charge in [-0.05, 0) is 49.9 Å². The highest BCUT2D eigenvalue weighted by Gasteiger charge is 2.14. The Hall–Kier alpha value is -1.35. The van der Waals surface area contributed by atoms with Gasteiger partial charge in [0.2, 0.25) is 0 Å². The molecule has 0 spiro atoms. The maximum absolute atomic E-state index is 11.5. The molecule has 0 aliphatic carbocycles. The highest BCUT2D eigenvalue weighted by Crippen LogP contribution is 2.18. The van der Waals surface area contributed by atoms with Crippen LogP contribution in [0.1, 0.15) is 49.4 Å². The second kappa shape index (κ2) is 7.29. The summed E-state index contributed by atoms with van der Waals surface area (Å²) in [4.78, 5) is 11.5. The van der Waals surface area contributed by atoms with E-state index in [4.69, 9.17) is 9.47 Å². The first kappa shape index (κ1) is 14.1. The molecule has 1 unspecified atom stereocenters. The summed E-state index contributed by atoms with van der Waals surface area (Å²) in [5, 5.41) is 0. The molecule has 0 amide bonds. The van der Waals surface area contributed by atoms with Crippen LogP contribution in [-0.4, -0.2) is 25.1 Å². The van der Waals surface area contributed by atoms with Crippen molar-refractivity contribution in [3.8, 4) is 5.75 Å². The molecule has 104 valence electrons. The molecular formula is C16H22O3. The van der Waals surface area contributed by atoms with Crippen molar-refractivity contribution >= 4 is 5.78 Å². The fourth-order valence-electron chi connectivity index (χ4n) is 2.31. The zero-order chi connectivity index (χ0) is 13.5. The first-order valence-corrected chi connectivity index (χ1v) is 7.17. The zero-order valence-corrected chi connectivity index (χ0v) is 11.6. The van der Waals surface area contributed by atoms with Crippen LogP contribution >= 0.6 is 0 Å². The Kier molecular flexibility index (Phi) is 5.40. The van der Waals surface area contributed by atoms with Crippen molar-refractivity contribution in [3.63, 3.8) is 0 Å². The maximum Gasteiger partial charge on any atom is 0.162 e. The van der Waals surface area contributed by atoms with Crippen molar-refractivity contribution in [2.75, 3.05) is 13.2 Å². The van der Waals surface area contributed by atoms with Gasteiger partial charge in [-0.15, -0.1) is 0 Å². The number of ketones is 1. The molecule has 1 atom stereocenters. The predicted octanol–water partition coefficient (Wildman–Crippen LogP) is 3.62. The summed E-state index contributed by atoms with van der Waals surface area (Å²) < 4.78 is 11.2. The van der Waals surface area contributed by atoms with E-state index < -0.39 is 0 Å². The van der Waals surface area contributed by atoms with Crippen LogP contribution in [0.2, 0.25) is 0 Å². The number of carbonyl (C=O) groups is 1. The minimum absolute atomic E-state index is 0.171. The summed E-state index contributed by atoms with van der Waals surface area (Å²) in [5.41, 5.74) is 0.759. The number of ether oxygens (including phenoxy) is 2. The van der Waals surface area contributed by atoms with Crippen LogP contribution in [0.5, 0.6) is 5.75 Å². The van der Waals surface area contributed by atoms with Crippen molar-refractivity contribution in [1.82, 2.24) is 0 Å². The van der Waals surface area contributed by atoms with Crippen molar-refractivity contribution < 1.29 is 14.3 Å². The van der Waals surface area contributed by atoms with E-state index in [-0.39, 0.29) is 5.78 Å². The molecule has 2 rings (SSSR count). The van der Waals surface area contributed by atoms with Crippen molar-refractivity contribution in [3.05, 3.63) is 29.8 Å². The van der Waals surface area contributed by atoms with Gasteiger partial charge < -0.3 is 9.47 Å². The van der Waals surface area contributed by atoms with Gasteiger partial charge in [-0.1, -0.05) is 6.92 Å². The van der Waals surface area contributed by atoms with E-state index in [1.54, 1.807) is 0 Å². The lowest BCUT2D eigenvalue weighted by atomic mass is 10.1. The van der Waals surface area contributed by atoms with Gasteiger partial charge in [0.25, 0.3) is 0 Å². The topological polar surface area (TPSA) is 35.5 Å². The smallest absolute Gasteiger partial charge is 0.162 e. The molecule has 1 aliphatic heterocycles. The minimum atomic E-state index is 0.171. The summed E-state index contributed by atoms with van der Waals surface area (Å²) in [6.07, 6.45) is 5.45. The summed E-state index contributed by atoms with van der Waals surface area (Å²) in [6, 6.07) is 7.41. The number of rotatable bonds is 7. The third-order valence-electron chi connectivity index (χ3n) is 3.46. The van der Waals surface area contributed by atoms with Crippen LogP contribution < -0.4 is 4.74 Å². The third-order valence-corrected chi connectivity index (χ3v) is 3.46. The third kappa shape index (κ3) is 4.35. The molecular weight excluding hydrogens is 240 g/mol. The Labute approximate surface area is 114 Å². The lowest BCUT2D eigenvalue weighted by molar-refractivity contribution is 0.0978. The second-order valence-electron chi connectivity index (χ2n) is 4.93. The normalized spacial score (nSPS) is 18.5. The van der Waals surface area contributed by atoms with E-state index in [9.17, 15) is 4.79 Å². The Morgan fingerprint density at radius 3 is 2.79 bits per heavy atom. The lowest BCUT2D eigenvalue weighted by Crippen LogP contribution is -2.07. The molecule has 0 radical (unpaired) electrons. The second-order valence-corrected chi connectivity index (χ2v) is 4.93. The largest absolute Gasteiger partial charge is 0.494 e. The molecule has 19 heavy (non-hydrogen) atoms. The molecule has 1 aromatic carbocycles. The van der Waals surface area contributed by atoms with Gasteiger partial charge in [0.15, 0.2) is 5.78 Å². The summed E-state index contributed by atoms with van der Waals surface area (Å²) >= 11 is 0. The quantitative estimate of drug-likeness (QED) is 0.556. The molecule has 3 heteroatoms. The van der Waals surface area contributed by atoms with E-state index >= 15 is 0 Å². The Morgan fingerprint density at radius 2 is 2.16 bits per heavy atom. The standard InChI is InChI=1S/C16H22O3/c1-2-16(17)13-7-9-15(10-8-13)19-12-4-6-14-5-3-11-18-14/h7-10,14H,2-6,11-12H2,1H3. The highest BCUT2D eigenvalue weighted by molar-refractivity contribution is 5.95. The molecule has 0 N–H and O–H groups in total. The van der Waals surface area contributed by atoms with Crippen LogP contribution in [0.4, 0.5) is 0 Å². The number of benzene rings is 1. The Bertz CT molecular complexity index is 391. The number of Topliss-reactive ketones (excluding diaryl/α,β-unsaturated/α-hetero) is 1. The molecule has 3 nitrogen and oxygen atoms in total. The number of hydrogen-bond acceptors (Lipinski definition) is 3. The highest BCUT2D eigenvalue weighted by atomic mass is 16.5. The number of carbonyl (C=O) groups excluding carboxylic acids is 1. The van der Waals surface area contributed by atoms with Gasteiger partial charge in [-0.3, -0.25) is 4.79 Å². The molecule has 1 heterocycles.